The molecule has 7 nitrogen and oxygen atoms in total. The molecule has 3 rings (SSSR count). The molecule has 1 saturated heterocycles. The van der Waals surface area contributed by atoms with Crippen molar-refractivity contribution in [2.45, 2.75) is 32.6 Å². The molecular weight excluding hydrogens is 436 g/mol. The highest BCUT2D eigenvalue weighted by atomic mass is 35.5. The predicted molar refractivity (Wildman–Crippen MR) is 113 cm³/mol. The van der Waals surface area contributed by atoms with Crippen molar-refractivity contribution < 1.29 is 21.6 Å². The molecule has 29 heavy (non-hydrogen) atoms. The Hall–Kier alpha value is -2.10. The van der Waals surface area contributed by atoms with E-state index in [1.54, 1.807) is 45.9 Å². The van der Waals surface area contributed by atoms with E-state index in [2.05, 4.69) is 4.72 Å². The first-order chi connectivity index (χ1) is 13.3. The lowest BCUT2D eigenvalue weighted by Gasteiger charge is -2.19. The zero-order valence-electron chi connectivity index (χ0n) is 16.4. The van der Waals surface area contributed by atoms with Gasteiger partial charge in [0.2, 0.25) is 15.9 Å². The summed E-state index contributed by atoms with van der Waals surface area (Å²) in [4.78, 5) is 12.5. The first-order valence-electron chi connectivity index (χ1n) is 8.72. The van der Waals surface area contributed by atoms with Gasteiger partial charge in [-0.3, -0.25) is 9.52 Å². The van der Waals surface area contributed by atoms with E-state index >= 15 is 0 Å². The van der Waals surface area contributed by atoms with E-state index < -0.39 is 31.4 Å². The lowest BCUT2D eigenvalue weighted by Crippen LogP contribution is -2.33. The second-order valence-electron chi connectivity index (χ2n) is 7.68. The van der Waals surface area contributed by atoms with Crippen LogP contribution in [0.5, 0.6) is 0 Å². The van der Waals surface area contributed by atoms with Crippen LogP contribution in [0.2, 0.25) is 5.02 Å². The first kappa shape index (κ1) is 21.6. The number of nitrogens with one attached hydrogen (secondary N) is 1. The Morgan fingerprint density at radius 3 is 2.34 bits per heavy atom. The molecule has 1 aliphatic heterocycles. The fraction of sp³-hybridized carbons (Fsp3) is 0.316. The maximum atomic E-state index is 12.9. The Balaban J connectivity index is 2.00. The number of carbonyl (C=O) groups is 1. The van der Waals surface area contributed by atoms with Crippen LogP contribution in [-0.2, 0) is 24.8 Å². The van der Waals surface area contributed by atoms with Crippen molar-refractivity contribution in [2.75, 3.05) is 14.8 Å². The molecule has 1 heterocycles. The zero-order chi connectivity index (χ0) is 21.8. The van der Waals surface area contributed by atoms with Gasteiger partial charge in [-0.05, 0) is 69.2 Å². The minimum absolute atomic E-state index is 0.0241. The highest BCUT2D eigenvalue weighted by Gasteiger charge is 2.50. The normalized spacial score (nSPS) is 18.1. The van der Waals surface area contributed by atoms with E-state index in [0.29, 0.717) is 21.8 Å². The quantitative estimate of drug-likeness (QED) is 0.759. The first-order valence-corrected chi connectivity index (χ1v) is 12.2. The van der Waals surface area contributed by atoms with Crippen molar-refractivity contribution in [3.8, 4) is 0 Å². The molecule has 10 heteroatoms. The Labute approximate surface area is 175 Å². The van der Waals surface area contributed by atoms with Crippen LogP contribution in [0.15, 0.2) is 41.3 Å². The van der Waals surface area contributed by atoms with Crippen LogP contribution in [0.1, 0.15) is 25.0 Å². The molecule has 156 valence electrons. The molecule has 0 bridgehead atoms. The summed E-state index contributed by atoms with van der Waals surface area (Å²) >= 11 is 6.05. The molecule has 0 radical (unpaired) electrons. The van der Waals surface area contributed by atoms with Gasteiger partial charge in [-0.15, -0.1) is 0 Å². The second kappa shape index (κ2) is 7.00. The van der Waals surface area contributed by atoms with Crippen molar-refractivity contribution in [1.82, 2.24) is 0 Å². The van der Waals surface area contributed by atoms with Crippen molar-refractivity contribution in [1.29, 1.82) is 0 Å². The third-order valence-corrected chi connectivity index (χ3v) is 8.73. The highest BCUT2D eigenvalue weighted by Crippen LogP contribution is 2.37. The van der Waals surface area contributed by atoms with Crippen molar-refractivity contribution in [2.24, 2.45) is 5.41 Å². The summed E-state index contributed by atoms with van der Waals surface area (Å²) in [6.07, 6.45) is 0. The topological polar surface area (TPSA) is 101 Å². The lowest BCUT2D eigenvalue weighted by atomic mass is 9.95. The molecule has 0 atom stereocenters. The maximum absolute atomic E-state index is 12.9. The Kier molecular flexibility index (Phi) is 5.21. The molecule has 0 saturated carbocycles. The lowest BCUT2D eigenvalue weighted by molar-refractivity contribution is -0.123. The van der Waals surface area contributed by atoms with Crippen molar-refractivity contribution >= 4 is 48.9 Å². The molecule has 1 N–H and O–H groups in total. The van der Waals surface area contributed by atoms with Crippen LogP contribution in [-0.4, -0.2) is 28.5 Å². The van der Waals surface area contributed by atoms with Crippen LogP contribution in [0.3, 0.4) is 0 Å². The van der Waals surface area contributed by atoms with Gasteiger partial charge in [0.25, 0.3) is 10.0 Å². The van der Waals surface area contributed by atoms with Crippen LogP contribution < -0.4 is 9.03 Å². The number of benzene rings is 2. The van der Waals surface area contributed by atoms with Gasteiger partial charge < -0.3 is 0 Å². The van der Waals surface area contributed by atoms with Gasteiger partial charge in [-0.2, -0.15) is 0 Å². The average molecular weight is 457 g/mol. The fourth-order valence-corrected chi connectivity index (χ4v) is 6.86. The molecule has 2 aromatic carbocycles. The Morgan fingerprint density at radius 1 is 1.14 bits per heavy atom. The predicted octanol–water partition coefficient (Wildman–Crippen LogP) is 3.46. The van der Waals surface area contributed by atoms with Gasteiger partial charge in [-0.25, -0.2) is 21.1 Å². The van der Waals surface area contributed by atoms with E-state index in [-0.39, 0.29) is 16.3 Å². The number of carbonyl (C=O) groups excluding carboxylic acids is 1. The standard InChI is InChI=1S/C19H21ClN2O5S2/c1-12-10-14(22-18(23)19(3,4)11-28(22,24)25)8-9-17(12)29(26,27)21-16-7-5-6-15(20)13(16)2/h5-10,21H,11H2,1-4H3. The SMILES string of the molecule is Cc1cc(N2C(=O)C(C)(C)CS2(=O)=O)ccc1S(=O)(=O)Nc1cccc(Cl)c1C. The summed E-state index contributed by atoms with van der Waals surface area (Å²) in [7, 11) is -7.77. The molecule has 2 aromatic rings. The number of amides is 1. The van der Waals surface area contributed by atoms with Crippen molar-refractivity contribution in [3.63, 3.8) is 0 Å². The largest absolute Gasteiger partial charge is 0.279 e. The highest BCUT2D eigenvalue weighted by molar-refractivity contribution is 7.94. The average Bonchev–Trinajstić information content (AvgIpc) is 2.74. The maximum Gasteiger partial charge on any atom is 0.262 e. The third-order valence-electron chi connectivity index (χ3n) is 4.78. The van der Waals surface area contributed by atoms with Gasteiger partial charge >= 0.3 is 0 Å². The minimum atomic E-state index is -3.95. The smallest absolute Gasteiger partial charge is 0.262 e. The number of sulfonamides is 2. The van der Waals surface area contributed by atoms with Crippen molar-refractivity contribution in [3.05, 3.63) is 52.5 Å². The summed E-state index contributed by atoms with van der Waals surface area (Å²) in [5.74, 6) is -0.840. The monoisotopic (exact) mass is 456 g/mol. The van der Waals surface area contributed by atoms with Crippen LogP contribution in [0.4, 0.5) is 11.4 Å². The number of nitrogens with zero attached hydrogens (tertiary/aromatic N) is 1. The summed E-state index contributed by atoms with van der Waals surface area (Å²) in [6.45, 7) is 6.37. The number of aryl methyl sites for hydroxylation is 1. The number of halogens is 1. The fourth-order valence-electron chi connectivity index (χ4n) is 3.24. The van der Waals surface area contributed by atoms with Crippen LogP contribution in [0.25, 0.3) is 0 Å². The number of rotatable bonds is 4. The van der Waals surface area contributed by atoms with Gasteiger partial charge in [0.05, 0.1) is 27.4 Å². The van der Waals surface area contributed by atoms with E-state index in [4.69, 9.17) is 11.6 Å². The van der Waals surface area contributed by atoms with Gasteiger partial charge in [0, 0.05) is 5.02 Å². The molecule has 0 unspecified atom stereocenters. The molecule has 0 aromatic heterocycles. The minimum Gasteiger partial charge on any atom is -0.279 e. The van der Waals surface area contributed by atoms with E-state index in [9.17, 15) is 21.6 Å². The summed E-state index contributed by atoms with van der Waals surface area (Å²) < 4.78 is 53.9. The zero-order valence-corrected chi connectivity index (χ0v) is 18.7. The summed E-state index contributed by atoms with van der Waals surface area (Å²) in [5.41, 5.74) is 0.324. The summed E-state index contributed by atoms with van der Waals surface area (Å²) in [6, 6.07) is 8.89. The van der Waals surface area contributed by atoms with Gasteiger partial charge in [0.15, 0.2) is 0 Å². The third kappa shape index (κ3) is 3.86. The number of hydrogen-bond acceptors (Lipinski definition) is 5. The molecule has 0 aliphatic carbocycles. The Morgan fingerprint density at radius 2 is 1.79 bits per heavy atom. The Bertz CT molecular complexity index is 1220. The van der Waals surface area contributed by atoms with Crippen LogP contribution >= 0.6 is 11.6 Å². The van der Waals surface area contributed by atoms with E-state index in [1.165, 1.54) is 18.2 Å². The van der Waals surface area contributed by atoms with Gasteiger partial charge in [-0.1, -0.05) is 17.7 Å². The molecular formula is C19H21ClN2O5S2. The summed E-state index contributed by atoms with van der Waals surface area (Å²) in [5, 5.41) is 0.428. The molecule has 0 spiro atoms. The number of anilines is 2. The van der Waals surface area contributed by atoms with Gasteiger partial charge in [0.1, 0.15) is 0 Å². The molecule has 1 aliphatic rings. The molecule has 1 amide bonds. The van der Waals surface area contributed by atoms with Crippen LogP contribution in [0, 0.1) is 19.3 Å². The van der Waals surface area contributed by atoms with E-state index in [1.807, 2.05) is 0 Å². The number of hydrogen-bond donors (Lipinski definition) is 1. The van der Waals surface area contributed by atoms with E-state index in [0.717, 1.165) is 4.31 Å². The molecule has 1 fully saturated rings. The second-order valence-corrected chi connectivity index (χ2v) is 11.6.